The highest BCUT2D eigenvalue weighted by atomic mass is 32.2. The van der Waals surface area contributed by atoms with Crippen LogP contribution in [0.2, 0.25) is 0 Å². The standard InChI is InChI=1S/C24H21N3O3S/c1-17-8-7-11-19(14-17)27-23(20-12-5-6-13-21(20)28)25-26-24(27)31-16-22(29)30-15-18-9-3-2-4-10-18/h2-14,28H,15-16H2,1H3. The lowest BCUT2D eigenvalue weighted by molar-refractivity contribution is -0.141. The summed E-state index contributed by atoms with van der Waals surface area (Å²) in [6.45, 7) is 2.23. The number of aromatic hydroxyl groups is 1. The first-order valence-corrected chi connectivity index (χ1v) is 10.7. The zero-order valence-electron chi connectivity index (χ0n) is 16.9. The molecule has 7 heteroatoms. The van der Waals surface area contributed by atoms with Crippen LogP contribution < -0.4 is 0 Å². The minimum atomic E-state index is -0.336. The number of aryl methyl sites for hydroxylation is 1. The Bertz CT molecular complexity index is 1190. The van der Waals surface area contributed by atoms with Crippen molar-refractivity contribution in [1.82, 2.24) is 14.8 Å². The number of hydrogen-bond donors (Lipinski definition) is 1. The zero-order valence-corrected chi connectivity index (χ0v) is 17.7. The Morgan fingerprint density at radius 3 is 2.55 bits per heavy atom. The average molecular weight is 432 g/mol. The van der Waals surface area contributed by atoms with Gasteiger partial charge in [0, 0.05) is 5.69 Å². The van der Waals surface area contributed by atoms with Crippen LogP contribution in [-0.2, 0) is 16.1 Å². The fourth-order valence-corrected chi connectivity index (χ4v) is 3.85. The molecule has 0 aliphatic heterocycles. The van der Waals surface area contributed by atoms with Crippen molar-refractivity contribution in [1.29, 1.82) is 0 Å². The molecule has 0 aliphatic carbocycles. The maximum absolute atomic E-state index is 12.3. The Hall–Kier alpha value is -3.58. The van der Waals surface area contributed by atoms with Gasteiger partial charge in [0.2, 0.25) is 0 Å². The van der Waals surface area contributed by atoms with Gasteiger partial charge in [-0.2, -0.15) is 0 Å². The topological polar surface area (TPSA) is 77.2 Å². The summed E-state index contributed by atoms with van der Waals surface area (Å²) in [5, 5.41) is 19.5. The van der Waals surface area contributed by atoms with E-state index in [0.29, 0.717) is 16.5 Å². The van der Waals surface area contributed by atoms with Crippen LogP contribution in [0.4, 0.5) is 0 Å². The number of phenols is 1. The van der Waals surface area contributed by atoms with Crippen molar-refractivity contribution in [2.75, 3.05) is 5.75 Å². The molecule has 6 nitrogen and oxygen atoms in total. The van der Waals surface area contributed by atoms with Crippen LogP contribution in [0.15, 0.2) is 84.0 Å². The van der Waals surface area contributed by atoms with E-state index in [9.17, 15) is 9.90 Å². The average Bonchev–Trinajstić information content (AvgIpc) is 3.21. The van der Waals surface area contributed by atoms with E-state index in [1.807, 2.05) is 72.2 Å². The second-order valence-corrected chi connectivity index (χ2v) is 7.88. The van der Waals surface area contributed by atoms with Crippen molar-refractivity contribution in [3.63, 3.8) is 0 Å². The van der Waals surface area contributed by atoms with Gasteiger partial charge in [0.15, 0.2) is 11.0 Å². The van der Waals surface area contributed by atoms with Crippen molar-refractivity contribution in [3.8, 4) is 22.8 Å². The van der Waals surface area contributed by atoms with E-state index in [4.69, 9.17) is 4.74 Å². The van der Waals surface area contributed by atoms with Crippen LogP contribution in [0.25, 0.3) is 17.1 Å². The van der Waals surface area contributed by atoms with Gasteiger partial charge in [-0.3, -0.25) is 9.36 Å². The molecule has 0 radical (unpaired) electrons. The Labute approximate surface area is 184 Å². The highest BCUT2D eigenvalue weighted by Gasteiger charge is 2.19. The van der Waals surface area contributed by atoms with Crippen molar-refractivity contribution in [3.05, 3.63) is 90.0 Å². The molecule has 0 fully saturated rings. The van der Waals surface area contributed by atoms with E-state index in [1.54, 1.807) is 18.2 Å². The van der Waals surface area contributed by atoms with Gasteiger partial charge in [-0.05, 0) is 42.3 Å². The summed E-state index contributed by atoms with van der Waals surface area (Å²) < 4.78 is 7.21. The monoisotopic (exact) mass is 431 g/mol. The van der Waals surface area contributed by atoms with Gasteiger partial charge in [0.05, 0.1) is 11.3 Å². The molecule has 1 N–H and O–H groups in total. The molecule has 0 bridgehead atoms. The summed E-state index contributed by atoms with van der Waals surface area (Å²) in [7, 11) is 0. The Morgan fingerprint density at radius 2 is 1.77 bits per heavy atom. The van der Waals surface area contributed by atoms with Crippen molar-refractivity contribution < 1.29 is 14.6 Å². The minimum Gasteiger partial charge on any atom is -0.507 e. The predicted octanol–water partition coefficient (Wildman–Crippen LogP) is 4.78. The number of benzene rings is 3. The van der Waals surface area contributed by atoms with Crippen LogP contribution in [0.1, 0.15) is 11.1 Å². The summed E-state index contributed by atoms with van der Waals surface area (Å²) in [5.41, 5.74) is 3.43. The molecular weight excluding hydrogens is 410 g/mol. The molecule has 1 aromatic heterocycles. The second kappa shape index (κ2) is 9.49. The number of rotatable bonds is 7. The Kier molecular flexibility index (Phi) is 6.33. The van der Waals surface area contributed by atoms with E-state index < -0.39 is 0 Å². The Balaban J connectivity index is 1.57. The van der Waals surface area contributed by atoms with Crippen LogP contribution >= 0.6 is 11.8 Å². The molecule has 3 aromatic carbocycles. The molecule has 4 rings (SSSR count). The number of carbonyl (C=O) groups excluding carboxylic acids is 1. The van der Waals surface area contributed by atoms with Crippen LogP contribution in [0.3, 0.4) is 0 Å². The van der Waals surface area contributed by atoms with E-state index in [-0.39, 0.29) is 24.1 Å². The predicted molar refractivity (Wildman–Crippen MR) is 120 cm³/mol. The molecular formula is C24H21N3O3S. The van der Waals surface area contributed by atoms with E-state index in [0.717, 1.165) is 16.8 Å². The molecule has 0 amide bonds. The third kappa shape index (κ3) is 4.95. The van der Waals surface area contributed by atoms with Gasteiger partial charge in [-0.25, -0.2) is 0 Å². The van der Waals surface area contributed by atoms with Crippen LogP contribution in [-0.4, -0.2) is 31.6 Å². The Morgan fingerprint density at radius 1 is 1.00 bits per heavy atom. The molecule has 0 saturated carbocycles. The first kappa shape index (κ1) is 20.7. The largest absolute Gasteiger partial charge is 0.507 e. The van der Waals surface area contributed by atoms with Crippen molar-refractivity contribution >= 4 is 17.7 Å². The second-order valence-electron chi connectivity index (χ2n) is 6.93. The maximum atomic E-state index is 12.3. The first-order chi connectivity index (χ1) is 15.1. The molecule has 0 spiro atoms. The molecule has 156 valence electrons. The molecule has 1 heterocycles. The first-order valence-electron chi connectivity index (χ1n) is 9.75. The SMILES string of the molecule is Cc1cccc(-n2c(SCC(=O)OCc3ccccc3)nnc2-c2ccccc2O)c1. The van der Waals surface area contributed by atoms with Crippen molar-refractivity contribution in [2.24, 2.45) is 0 Å². The number of nitrogens with zero attached hydrogens (tertiary/aromatic N) is 3. The number of hydrogen-bond acceptors (Lipinski definition) is 6. The number of para-hydroxylation sites is 1. The van der Waals surface area contributed by atoms with E-state index in [1.165, 1.54) is 11.8 Å². The summed E-state index contributed by atoms with van der Waals surface area (Å²) in [6.07, 6.45) is 0. The van der Waals surface area contributed by atoms with Gasteiger partial charge in [-0.15, -0.1) is 10.2 Å². The third-order valence-electron chi connectivity index (χ3n) is 4.60. The van der Waals surface area contributed by atoms with Gasteiger partial charge in [-0.1, -0.05) is 66.4 Å². The third-order valence-corrected chi connectivity index (χ3v) is 5.50. The lowest BCUT2D eigenvalue weighted by Gasteiger charge is -2.12. The van der Waals surface area contributed by atoms with Gasteiger partial charge >= 0.3 is 5.97 Å². The fourth-order valence-electron chi connectivity index (χ4n) is 3.10. The van der Waals surface area contributed by atoms with Crippen LogP contribution in [0, 0.1) is 6.92 Å². The smallest absolute Gasteiger partial charge is 0.316 e. The number of aromatic nitrogens is 3. The van der Waals surface area contributed by atoms with Gasteiger partial charge < -0.3 is 9.84 Å². The van der Waals surface area contributed by atoms with Crippen LogP contribution in [0.5, 0.6) is 5.75 Å². The zero-order chi connectivity index (χ0) is 21.6. The number of ether oxygens (including phenoxy) is 1. The summed E-state index contributed by atoms with van der Waals surface area (Å²) in [5.74, 6) is 0.376. The van der Waals surface area contributed by atoms with E-state index in [2.05, 4.69) is 10.2 Å². The molecule has 31 heavy (non-hydrogen) atoms. The fraction of sp³-hybridized carbons (Fsp3) is 0.125. The van der Waals surface area contributed by atoms with Crippen molar-refractivity contribution in [2.45, 2.75) is 18.7 Å². The summed E-state index contributed by atoms with van der Waals surface area (Å²) in [4.78, 5) is 12.3. The number of thioether (sulfide) groups is 1. The highest BCUT2D eigenvalue weighted by molar-refractivity contribution is 7.99. The number of carbonyl (C=O) groups is 1. The number of esters is 1. The molecule has 4 aromatic rings. The van der Waals surface area contributed by atoms with Gasteiger partial charge in [0.25, 0.3) is 0 Å². The summed E-state index contributed by atoms with van der Waals surface area (Å²) >= 11 is 1.25. The summed E-state index contributed by atoms with van der Waals surface area (Å²) in [6, 6.07) is 24.4. The minimum absolute atomic E-state index is 0.0948. The molecule has 0 atom stereocenters. The van der Waals surface area contributed by atoms with Gasteiger partial charge in [0.1, 0.15) is 12.4 Å². The normalized spacial score (nSPS) is 10.7. The molecule has 0 unspecified atom stereocenters. The lowest BCUT2D eigenvalue weighted by Crippen LogP contribution is -2.08. The molecule has 0 saturated heterocycles. The van der Waals surface area contributed by atoms with E-state index >= 15 is 0 Å². The number of phenolic OH excluding ortho intramolecular Hbond substituents is 1. The quantitative estimate of drug-likeness (QED) is 0.335. The maximum Gasteiger partial charge on any atom is 0.316 e. The lowest BCUT2D eigenvalue weighted by atomic mass is 10.1. The molecule has 0 aliphatic rings. The highest BCUT2D eigenvalue weighted by Crippen LogP contribution is 2.32.